The number of carboxylic acids is 1. The Morgan fingerprint density at radius 3 is 1.97 bits per heavy atom. The molecule has 1 aliphatic carbocycles. The van der Waals surface area contributed by atoms with Crippen LogP contribution in [-0.4, -0.2) is 43.2 Å². The monoisotopic (exact) mass is 970 g/mol. The summed E-state index contributed by atoms with van der Waals surface area (Å²) < 4.78 is 67.3. The fourth-order valence-electron chi connectivity index (χ4n) is 8.59. The number of benzene rings is 6. The SMILES string of the molecule is C.C=C(O)C[C@@H]1CCc2cc(OCc3cccc(-c4c(C)cc(OCCCS(C)(=O)=O)cc4C)c3)ccc21.CC#C[C@@H](CC(=O)O)c1ccc(OCc2cccc(-c3ccc(C(C)(F)F)cc3)c2)cc1. The van der Waals surface area contributed by atoms with Gasteiger partial charge in [0, 0.05) is 25.2 Å². The number of aliphatic hydroxyl groups excluding tert-OH is 1. The number of ether oxygens (including phenoxy) is 3. The molecule has 0 bridgehead atoms. The Morgan fingerprint density at radius 2 is 1.39 bits per heavy atom. The van der Waals surface area contributed by atoms with Crippen LogP contribution in [0.5, 0.6) is 17.2 Å². The van der Waals surface area contributed by atoms with Crippen molar-refractivity contribution < 1.29 is 46.4 Å². The number of sulfone groups is 1. The van der Waals surface area contributed by atoms with Gasteiger partial charge < -0.3 is 24.4 Å². The molecule has 2 N–H and O–H groups in total. The molecule has 0 amide bonds. The molecule has 0 saturated carbocycles. The highest BCUT2D eigenvalue weighted by molar-refractivity contribution is 7.90. The van der Waals surface area contributed by atoms with Crippen molar-refractivity contribution in [3.8, 4) is 51.3 Å². The summed E-state index contributed by atoms with van der Waals surface area (Å²) >= 11 is 0. The van der Waals surface area contributed by atoms with Crippen molar-refractivity contribution in [2.24, 2.45) is 0 Å². The zero-order valence-corrected chi connectivity index (χ0v) is 40.7. The smallest absolute Gasteiger partial charge is 0.304 e. The normalized spacial score (nSPS) is 13.3. The number of carbonyl (C=O) groups is 1. The summed E-state index contributed by atoms with van der Waals surface area (Å²) in [6, 6.07) is 39.9. The van der Waals surface area contributed by atoms with Gasteiger partial charge in [0.1, 0.15) is 40.3 Å². The number of fused-ring (bicyclic) bond motifs is 1. The van der Waals surface area contributed by atoms with Crippen LogP contribution in [0.2, 0.25) is 0 Å². The minimum absolute atomic E-state index is 0. The predicted octanol–water partition coefficient (Wildman–Crippen LogP) is 14.1. The van der Waals surface area contributed by atoms with E-state index in [1.54, 1.807) is 31.2 Å². The molecule has 0 spiro atoms. The van der Waals surface area contributed by atoms with E-state index in [4.69, 9.17) is 19.3 Å². The number of halogens is 2. The molecule has 0 aliphatic heterocycles. The molecular formula is C59H64F2O8S. The van der Waals surface area contributed by atoms with E-state index < -0.39 is 21.7 Å². The van der Waals surface area contributed by atoms with Crippen LogP contribution in [0.3, 0.4) is 0 Å². The second-order valence-electron chi connectivity index (χ2n) is 17.7. The standard InChI is InChI=1S/C31H36O5S.C27H24F2O3.CH4/c1-21-15-29(35-13-6-14-37(4,33)34)16-22(2)31(21)27-8-5-7-24(18-27)20-36-28-11-12-30-25(17-23(3)32)9-10-26(30)19-28;1-3-5-22(17-26(30)31)21-10-14-25(15-11-21)32-18-19-6-4-7-23(16-19)20-8-12-24(13-9-20)27(2,28)29;/h5,7-8,11-12,15-16,18-19,25,32H,3,6,9-10,13-14,17,20H2,1-2,4H3;4,6-16,22H,17-18H2,1-2H3,(H,30,31);1H4/t25-;22-;/m00./s1. The number of hydrogen-bond acceptors (Lipinski definition) is 7. The van der Waals surface area contributed by atoms with Crippen LogP contribution in [0, 0.1) is 25.7 Å². The number of allylic oxidation sites excluding steroid dienone is 1. The Kier molecular flexibility index (Phi) is 19.0. The molecule has 8 nitrogen and oxygen atoms in total. The number of carboxylic acid groups (broad SMARTS) is 1. The lowest BCUT2D eigenvalue weighted by molar-refractivity contribution is -0.137. The maximum Gasteiger partial charge on any atom is 0.304 e. The summed E-state index contributed by atoms with van der Waals surface area (Å²) in [5.41, 5.74) is 11.7. The fraction of sp³-hybridized carbons (Fsp3) is 0.305. The summed E-state index contributed by atoms with van der Waals surface area (Å²) in [6.45, 7) is 11.5. The van der Waals surface area contributed by atoms with E-state index >= 15 is 0 Å². The van der Waals surface area contributed by atoms with E-state index in [9.17, 15) is 27.1 Å². The molecule has 368 valence electrons. The van der Waals surface area contributed by atoms with Crippen molar-refractivity contribution in [1.82, 2.24) is 0 Å². The summed E-state index contributed by atoms with van der Waals surface area (Å²) in [5.74, 6) is 4.59. The predicted molar refractivity (Wildman–Crippen MR) is 277 cm³/mol. The van der Waals surface area contributed by atoms with E-state index in [1.807, 2.05) is 54.6 Å². The van der Waals surface area contributed by atoms with Gasteiger partial charge in [0.2, 0.25) is 0 Å². The van der Waals surface area contributed by atoms with Gasteiger partial charge in [-0.2, -0.15) is 0 Å². The second-order valence-corrected chi connectivity index (χ2v) is 19.9. The Balaban J connectivity index is 0.000000260. The Hall–Kier alpha value is -6.90. The minimum atomic E-state index is -2.97. The maximum atomic E-state index is 13.4. The highest BCUT2D eigenvalue weighted by Gasteiger charge is 2.25. The first-order chi connectivity index (χ1) is 32.8. The number of aliphatic carboxylic acids is 1. The lowest BCUT2D eigenvalue weighted by atomic mass is 9.94. The van der Waals surface area contributed by atoms with Crippen LogP contribution in [0.1, 0.15) is 103 Å². The number of rotatable bonds is 19. The van der Waals surface area contributed by atoms with E-state index in [0.29, 0.717) is 44.3 Å². The van der Waals surface area contributed by atoms with Gasteiger partial charge in [-0.15, -0.1) is 5.92 Å². The van der Waals surface area contributed by atoms with Crippen molar-refractivity contribution in [3.05, 3.63) is 184 Å². The highest BCUT2D eigenvalue weighted by Crippen LogP contribution is 2.39. The Bertz CT molecular complexity index is 2890. The molecule has 0 radical (unpaired) electrons. The van der Waals surface area contributed by atoms with Gasteiger partial charge in [-0.25, -0.2) is 17.2 Å². The van der Waals surface area contributed by atoms with Crippen LogP contribution in [0.25, 0.3) is 22.3 Å². The average molecular weight is 971 g/mol. The molecule has 0 saturated heterocycles. The summed E-state index contributed by atoms with van der Waals surface area (Å²) in [6.07, 6.45) is 4.32. The zero-order valence-electron chi connectivity index (χ0n) is 39.9. The highest BCUT2D eigenvalue weighted by atomic mass is 32.2. The van der Waals surface area contributed by atoms with Gasteiger partial charge in [-0.1, -0.05) is 98.8 Å². The van der Waals surface area contributed by atoms with E-state index in [2.05, 4.69) is 68.7 Å². The van der Waals surface area contributed by atoms with Crippen LogP contribution < -0.4 is 14.2 Å². The molecule has 1 aliphatic rings. The first kappa shape index (κ1) is 54.0. The Labute approximate surface area is 412 Å². The van der Waals surface area contributed by atoms with Gasteiger partial charge in [0.05, 0.1) is 30.5 Å². The summed E-state index contributed by atoms with van der Waals surface area (Å²) in [7, 11) is -2.97. The zero-order chi connectivity index (χ0) is 49.7. The van der Waals surface area contributed by atoms with Crippen LogP contribution in [0.15, 0.2) is 140 Å². The molecule has 7 rings (SSSR count). The first-order valence-electron chi connectivity index (χ1n) is 22.9. The van der Waals surface area contributed by atoms with Crippen molar-refractivity contribution in [3.63, 3.8) is 0 Å². The van der Waals surface area contributed by atoms with Gasteiger partial charge in [-0.05, 0) is 156 Å². The van der Waals surface area contributed by atoms with Crippen LogP contribution >= 0.6 is 0 Å². The fourth-order valence-corrected chi connectivity index (χ4v) is 9.23. The molecular weight excluding hydrogens is 907 g/mol. The van der Waals surface area contributed by atoms with Crippen molar-refractivity contribution in [1.29, 1.82) is 0 Å². The van der Waals surface area contributed by atoms with Crippen molar-refractivity contribution in [2.45, 2.75) is 98.2 Å². The molecule has 0 unspecified atom stereocenters. The van der Waals surface area contributed by atoms with Crippen molar-refractivity contribution in [2.75, 3.05) is 18.6 Å². The largest absolute Gasteiger partial charge is 0.513 e. The third-order valence-electron chi connectivity index (χ3n) is 11.9. The molecule has 0 aromatic heterocycles. The molecule has 0 heterocycles. The van der Waals surface area contributed by atoms with Gasteiger partial charge in [0.25, 0.3) is 5.92 Å². The van der Waals surface area contributed by atoms with E-state index in [1.165, 1.54) is 35.1 Å². The third-order valence-corrected chi connectivity index (χ3v) is 12.9. The second kappa shape index (κ2) is 24.6. The Morgan fingerprint density at radius 1 is 0.786 bits per heavy atom. The quantitative estimate of drug-likeness (QED) is 0.0468. The molecule has 6 aromatic carbocycles. The molecule has 6 aromatic rings. The maximum absolute atomic E-state index is 13.4. The van der Waals surface area contributed by atoms with E-state index in [-0.39, 0.29) is 36.8 Å². The van der Waals surface area contributed by atoms with Crippen molar-refractivity contribution >= 4 is 15.8 Å². The summed E-state index contributed by atoms with van der Waals surface area (Å²) in [4.78, 5) is 11.0. The van der Waals surface area contributed by atoms with Crippen LogP contribution in [0.4, 0.5) is 8.78 Å². The summed E-state index contributed by atoms with van der Waals surface area (Å²) in [5, 5.41) is 18.6. The third kappa shape index (κ3) is 15.8. The van der Waals surface area contributed by atoms with Gasteiger partial charge in [0.15, 0.2) is 0 Å². The average Bonchev–Trinajstić information content (AvgIpc) is 3.69. The number of aryl methyl sites for hydroxylation is 3. The molecule has 0 fully saturated rings. The molecule has 2 atom stereocenters. The minimum Gasteiger partial charge on any atom is -0.513 e. The van der Waals surface area contributed by atoms with Gasteiger partial charge >= 0.3 is 5.97 Å². The number of hydrogen-bond donors (Lipinski definition) is 2. The van der Waals surface area contributed by atoms with Crippen LogP contribution in [-0.2, 0) is 40.2 Å². The van der Waals surface area contributed by atoms with Gasteiger partial charge in [-0.3, -0.25) is 4.79 Å². The first-order valence-corrected chi connectivity index (χ1v) is 25.0. The number of aliphatic hydroxyl groups is 1. The lowest BCUT2D eigenvalue weighted by Gasteiger charge is -2.15. The topological polar surface area (TPSA) is 119 Å². The van der Waals surface area contributed by atoms with E-state index in [0.717, 1.165) is 75.8 Å². The molecule has 70 heavy (non-hydrogen) atoms. The molecule has 11 heteroatoms. The lowest BCUT2D eigenvalue weighted by Crippen LogP contribution is -2.08. The number of alkyl halides is 2.